The zero-order chi connectivity index (χ0) is 14.7. The van der Waals surface area contributed by atoms with Crippen molar-refractivity contribution in [2.45, 2.75) is 25.8 Å². The molecule has 4 nitrogen and oxygen atoms in total. The first-order valence-corrected chi connectivity index (χ1v) is 8.14. The van der Waals surface area contributed by atoms with Gasteiger partial charge in [-0.3, -0.25) is 4.90 Å². The van der Waals surface area contributed by atoms with Crippen molar-refractivity contribution in [3.63, 3.8) is 0 Å². The molecule has 0 amide bonds. The van der Waals surface area contributed by atoms with E-state index in [-0.39, 0.29) is 12.4 Å². The van der Waals surface area contributed by atoms with Crippen molar-refractivity contribution in [2.75, 3.05) is 32.8 Å². The number of nitrogens with zero attached hydrogens (tertiary/aromatic N) is 1. The SMILES string of the molecule is Cl.NCC1CCN(Cc2cc(Cl)c3c(c2)OCCCO3)CC1. The maximum absolute atomic E-state index is 6.34. The second kappa shape index (κ2) is 8.25. The van der Waals surface area contributed by atoms with Crippen LogP contribution >= 0.6 is 24.0 Å². The number of ether oxygens (including phenoxy) is 2. The molecule has 2 heterocycles. The van der Waals surface area contributed by atoms with Gasteiger partial charge < -0.3 is 15.2 Å². The molecule has 0 spiro atoms. The fraction of sp³-hybridized carbons (Fsp3) is 0.625. The first-order chi connectivity index (χ1) is 10.3. The molecule has 0 atom stereocenters. The van der Waals surface area contributed by atoms with Gasteiger partial charge >= 0.3 is 0 Å². The zero-order valence-corrected chi connectivity index (χ0v) is 14.3. The molecule has 0 saturated carbocycles. The van der Waals surface area contributed by atoms with E-state index in [0.717, 1.165) is 38.3 Å². The molecule has 1 fully saturated rings. The first kappa shape index (κ1) is 17.7. The zero-order valence-electron chi connectivity index (χ0n) is 12.7. The Balaban J connectivity index is 0.00000176. The number of likely N-dealkylation sites (tertiary alicyclic amines) is 1. The Labute approximate surface area is 143 Å². The van der Waals surface area contributed by atoms with Crippen LogP contribution in [0.25, 0.3) is 0 Å². The van der Waals surface area contributed by atoms with Crippen molar-refractivity contribution in [1.82, 2.24) is 4.90 Å². The van der Waals surface area contributed by atoms with E-state index >= 15 is 0 Å². The number of fused-ring (bicyclic) bond motifs is 1. The molecule has 124 valence electrons. The van der Waals surface area contributed by atoms with Crippen LogP contribution in [0.5, 0.6) is 11.5 Å². The summed E-state index contributed by atoms with van der Waals surface area (Å²) in [6, 6.07) is 4.08. The second-order valence-electron chi connectivity index (χ2n) is 5.91. The molecule has 0 radical (unpaired) electrons. The highest BCUT2D eigenvalue weighted by atomic mass is 35.5. The van der Waals surface area contributed by atoms with Gasteiger partial charge in [-0.1, -0.05) is 11.6 Å². The highest BCUT2D eigenvalue weighted by Crippen LogP contribution is 2.38. The van der Waals surface area contributed by atoms with Crippen LogP contribution in [-0.2, 0) is 6.54 Å². The number of benzene rings is 1. The maximum Gasteiger partial charge on any atom is 0.179 e. The lowest BCUT2D eigenvalue weighted by Crippen LogP contribution is -2.35. The van der Waals surface area contributed by atoms with Crippen molar-refractivity contribution >= 4 is 24.0 Å². The largest absolute Gasteiger partial charge is 0.489 e. The van der Waals surface area contributed by atoms with Gasteiger partial charge in [0.1, 0.15) is 0 Å². The lowest BCUT2D eigenvalue weighted by molar-refractivity contribution is 0.180. The van der Waals surface area contributed by atoms with Gasteiger partial charge in [-0.2, -0.15) is 0 Å². The minimum absolute atomic E-state index is 0. The third-order valence-corrected chi connectivity index (χ3v) is 4.59. The molecule has 2 N–H and O–H groups in total. The molecule has 0 bridgehead atoms. The van der Waals surface area contributed by atoms with Gasteiger partial charge in [-0.25, -0.2) is 0 Å². The molecular formula is C16H24Cl2N2O2. The second-order valence-corrected chi connectivity index (χ2v) is 6.32. The number of piperidine rings is 1. The summed E-state index contributed by atoms with van der Waals surface area (Å²) in [5, 5.41) is 0.654. The van der Waals surface area contributed by atoms with Gasteiger partial charge in [-0.15, -0.1) is 12.4 Å². The van der Waals surface area contributed by atoms with E-state index in [1.807, 2.05) is 6.07 Å². The Morgan fingerprint density at radius 3 is 2.64 bits per heavy atom. The van der Waals surface area contributed by atoms with Gasteiger partial charge in [-0.05, 0) is 56.1 Å². The standard InChI is InChI=1S/C16H23ClN2O2.ClH/c17-14-8-13(9-15-16(14)21-7-1-6-20-15)11-19-4-2-12(10-18)3-5-19;/h8-9,12H,1-7,10-11,18H2;1H. The van der Waals surface area contributed by atoms with Gasteiger partial charge in [0.25, 0.3) is 0 Å². The Morgan fingerprint density at radius 2 is 1.91 bits per heavy atom. The molecule has 0 aliphatic carbocycles. The van der Waals surface area contributed by atoms with Gasteiger partial charge in [0.2, 0.25) is 0 Å². The number of halogens is 2. The minimum atomic E-state index is 0. The van der Waals surface area contributed by atoms with Crippen molar-refractivity contribution in [3.8, 4) is 11.5 Å². The minimum Gasteiger partial charge on any atom is -0.489 e. The maximum atomic E-state index is 6.34. The highest BCUT2D eigenvalue weighted by Gasteiger charge is 2.20. The van der Waals surface area contributed by atoms with Crippen LogP contribution < -0.4 is 15.2 Å². The van der Waals surface area contributed by atoms with E-state index < -0.39 is 0 Å². The summed E-state index contributed by atoms with van der Waals surface area (Å²) >= 11 is 6.34. The quantitative estimate of drug-likeness (QED) is 0.913. The van der Waals surface area contributed by atoms with E-state index in [1.54, 1.807) is 0 Å². The summed E-state index contributed by atoms with van der Waals surface area (Å²) in [5.74, 6) is 2.17. The summed E-state index contributed by atoms with van der Waals surface area (Å²) < 4.78 is 11.4. The van der Waals surface area contributed by atoms with Crippen LogP contribution in [0.4, 0.5) is 0 Å². The van der Waals surface area contributed by atoms with Crippen LogP contribution in [0.1, 0.15) is 24.8 Å². The molecule has 22 heavy (non-hydrogen) atoms. The van der Waals surface area contributed by atoms with Crippen molar-refractivity contribution in [1.29, 1.82) is 0 Å². The van der Waals surface area contributed by atoms with E-state index in [1.165, 1.54) is 18.4 Å². The van der Waals surface area contributed by atoms with Crippen LogP contribution in [0, 0.1) is 5.92 Å². The fourth-order valence-corrected chi connectivity index (χ4v) is 3.30. The predicted octanol–water partition coefficient (Wildman–Crippen LogP) is 3.09. The Kier molecular flexibility index (Phi) is 6.63. The summed E-state index contributed by atoms with van der Waals surface area (Å²) in [6.07, 6.45) is 3.27. The van der Waals surface area contributed by atoms with Crippen LogP contribution in [0.3, 0.4) is 0 Å². The molecule has 1 aromatic carbocycles. The van der Waals surface area contributed by atoms with Crippen molar-refractivity contribution in [2.24, 2.45) is 11.7 Å². The van der Waals surface area contributed by atoms with Crippen molar-refractivity contribution in [3.05, 3.63) is 22.7 Å². The first-order valence-electron chi connectivity index (χ1n) is 7.76. The summed E-state index contributed by atoms with van der Waals surface area (Å²) in [7, 11) is 0. The number of nitrogens with two attached hydrogens (primary N) is 1. The molecule has 0 unspecified atom stereocenters. The monoisotopic (exact) mass is 346 g/mol. The van der Waals surface area contributed by atoms with Gasteiger partial charge in [0.05, 0.1) is 18.2 Å². The third kappa shape index (κ3) is 4.19. The van der Waals surface area contributed by atoms with Gasteiger partial charge in [0, 0.05) is 13.0 Å². The molecule has 2 aliphatic rings. The number of hydrogen-bond acceptors (Lipinski definition) is 4. The highest BCUT2D eigenvalue weighted by molar-refractivity contribution is 6.32. The number of hydrogen-bond donors (Lipinski definition) is 1. The van der Waals surface area contributed by atoms with Crippen LogP contribution in [-0.4, -0.2) is 37.7 Å². The Hall–Kier alpha value is -0.680. The van der Waals surface area contributed by atoms with E-state index in [9.17, 15) is 0 Å². The Morgan fingerprint density at radius 1 is 1.18 bits per heavy atom. The van der Waals surface area contributed by atoms with E-state index in [4.69, 9.17) is 26.8 Å². The van der Waals surface area contributed by atoms with Gasteiger partial charge in [0.15, 0.2) is 11.5 Å². The Bertz CT molecular complexity index is 491. The topological polar surface area (TPSA) is 47.7 Å². The lowest BCUT2D eigenvalue weighted by Gasteiger charge is -2.31. The molecular weight excluding hydrogens is 323 g/mol. The number of rotatable bonds is 3. The normalized spacial score (nSPS) is 19.4. The summed E-state index contributed by atoms with van der Waals surface area (Å²) in [4.78, 5) is 2.46. The van der Waals surface area contributed by atoms with Crippen LogP contribution in [0.15, 0.2) is 12.1 Å². The lowest BCUT2D eigenvalue weighted by atomic mass is 9.97. The molecule has 1 saturated heterocycles. The van der Waals surface area contributed by atoms with Crippen LogP contribution in [0.2, 0.25) is 5.02 Å². The molecule has 1 aromatic rings. The van der Waals surface area contributed by atoms with E-state index in [0.29, 0.717) is 29.9 Å². The predicted molar refractivity (Wildman–Crippen MR) is 91.4 cm³/mol. The van der Waals surface area contributed by atoms with E-state index in [2.05, 4.69) is 11.0 Å². The third-order valence-electron chi connectivity index (χ3n) is 4.31. The fourth-order valence-electron chi connectivity index (χ4n) is 3.01. The summed E-state index contributed by atoms with van der Waals surface area (Å²) in [5.41, 5.74) is 6.94. The molecule has 2 aliphatic heterocycles. The average Bonchev–Trinajstić information content (AvgIpc) is 2.74. The molecule has 6 heteroatoms. The average molecular weight is 347 g/mol. The van der Waals surface area contributed by atoms with Crippen molar-refractivity contribution < 1.29 is 9.47 Å². The smallest absolute Gasteiger partial charge is 0.179 e. The molecule has 0 aromatic heterocycles. The molecule has 3 rings (SSSR count). The summed E-state index contributed by atoms with van der Waals surface area (Å²) in [6.45, 7) is 5.28.